The first-order chi connectivity index (χ1) is 8.24. The number of aliphatic hydroxyl groups is 1. The molecule has 0 saturated heterocycles. The molecule has 1 N–H and O–H groups in total. The molecule has 2 rings (SSSR count). The van der Waals surface area contributed by atoms with Gasteiger partial charge in [-0.05, 0) is 38.7 Å². The monoisotopic (exact) mass is 234 g/mol. The molecule has 0 aromatic rings. The molecular weight excluding hydrogens is 212 g/mol. The van der Waals surface area contributed by atoms with E-state index in [1.807, 2.05) is 6.92 Å². The number of fused-ring (bicyclic) bond motifs is 1. The van der Waals surface area contributed by atoms with Crippen molar-refractivity contribution in [3.8, 4) is 0 Å². The van der Waals surface area contributed by atoms with Gasteiger partial charge in [0.15, 0.2) is 0 Å². The van der Waals surface area contributed by atoms with Crippen molar-refractivity contribution >= 4 is 0 Å². The van der Waals surface area contributed by atoms with Gasteiger partial charge in [0.1, 0.15) is 0 Å². The fourth-order valence-corrected chi connectivity index (χ4v) is 2.86. The Morgan fingerprint density at radius 1 is 1.24 bits per heavy atom. The Labute approximate surface area is 103 Å². The highest BCUT2D eigenvalue weighted by atomic mass is 16.3. The Morgan fingerprint density at radius 2 is 2.00 bits per heavy atom. The van der Waals surface area contributed by atoms with Crippen LogP contribution in [0.1, 0.15) is 52.4 Å². The maximum atomic E-state index is 9.81. The van der Waals surface area contributed by atoms with E-state index < -0.39 is 6.10 Å². The van der Waals surface area contributed by atoms with E-state index in [-0.39, 0.29) is 0 Å². The van der Waals surface area contributed by atoms with E-state index in [0.29, 0.717) is 5.92 Å². The molecule has 1 heterocycles. The van der Waals surface area contributed by atoms with Crippen LogP contribution >= 0.6 is 0 Å². The number of aliphatic hydroxyl groups excluding tert-OH is 1. The molecule has 1 aliphatic heterocycles. The number of hydrogen-bond acceptors (Lipinski definition) is 3. The standard InChI is InChI=1S/C14H22N2O/c1-3-13-11-8-6-4-5-7-9-12(11)14(10(2)17)16-15-13/h3,10-11,17H,4-9H2,1-2H3/b13-3-. The molecule has 0 spiro atoms. The van der Waals surface area contributed by atoms with Crippen molar-refractivity contribution in [2.24, 2.45) is 16.1 Å². The van der Waals surface area contributed by atoms with Gasteiger partial charge in [0.25, 0.3) is 0 Å². The molecule has 0 amide bonds. The van der Waals surface area contributed by atoms with Gasteiger partial charge < -0.3 is 5.11 Å². The SMILES string of the molecule is C/C=C1\N=NC(C(C)O)=C2CCCCCCC21. The summed E-state index contributed by atoms with van der Waals surface area (Å²) in [5, 5.41) is 18.3. The number of nitrogens with zero attached hydrogens (tertiary/aromatic N) is 2. The van der Waals surface area contributed by atoms with Gasteiger partial charge >= 0.3 is 0 Å². The van der Waals surface area contributed by atoms with Crippen LogP contribution < -0.4 is 0 Å². The van der Waals surface area contributed by atoms with E-state index in [1.165, 1.54) is 31.3 Å². The average molecular weight is 234 g/mol. The van der Waals surface area contributed by atoms with Crippen LogP contribution in [-0.4, -0.2) is 11.2 Å². The summed E-state index contributed by atoms with van der Waals surface area (Å²) in [5.74, 6) is 0.405. The second-order valence-corrected chi connectivity index (χ2v) is 5.01. The number of allylic oxidation sites excluding steroid dienone is 2. The third-order valence-electron chi connectivity index (χ3n) is 3.76. The van der Waals surface area contributed by atoms with Crippen LogP contribution in [0, 0.1) is 5.92 Å². The van der Waals surface area contributed by atoms with Crippen molar-refractivity contribution in [3.63, 3.8) is 0 Å². The Morgan fingerprint density at radius 3 is 2.71 bits per heavy atom. The summed E-state index contributed by atoms with van der Waals surface area (Å²) in [4.78, 5) is 0. The highest BCUT2D eigenvalue weighted by molar-refractivity contribution is 5.30. The number of rotatable bonds is 1. The van der Waals surface area contributed by atoms with Gasteiger partial charge in [-0.3, -0.25) is 0 Å². The lowest BCUT2D eigenvalue weighted by Gasteiger charge is -2.28. The molecule has 0 aromatic carbocycles. The predicted octanol–water partition coefficient (Wildman–Crippen LogP) is 3.96. The predicted molar refractivity (Wildman–Crippen MR) is 68.5 cm³/mol. The highest BCUT2D eigenvalue weighted by Gasteiger charge is 2.28. The minimum Gasteiger partial charge on any atom is -0.387 e. The van der Waals surface area contributed by atoms with E-state index in [1.54, 1.807) is 6.92 Å². The maximum Gasteiger partial charge on any atom is 0.0950 e. The van der Waals surface area contributed by atoms with Gasteiger partial charge in [0.05, 0.1) is 17.5 Å². The Bertz CT molecular complexity index is 366. The summed E-state index contributed by atoms with van der Waals surface area (Å²) >= 11 is 0. The molecule has 1 aliphatic carbocycles. The molecule has 1 fully saturated rings. The topological polar surface area (TPSA) is 45.0 Å². The van der Waals surface area contributed by atoms with E-state index in [0.717, 1.165) is 24.2 Å². The van der Waals surface area contributed by atoms with Crippen LogP contribution in [0.25, 0.3) is 0 Å². The summed E-state index contributed by atoms with van der Waals surface area (Å²) in [6.45, 7) is 3.82. The molecule has 2 aliphatic rings. The first kappa shape index (κ1) is 12.5. The zero-order valence-electron chi connectivity index (χ0n) is 10.8. The second-order valence-electron chi connectivity index (χ2n) is 5.01. The largest absolute Gasteiger partial charge is 0.387 e. The van der Waals surface area contributed by atoms with Crippen molar-refractivity contribution in [1.29, 1.82) is 0 Å². The second kappa shape index (κ2) is 5.58. The minimum absolute atomic E-state index is 0.405. The summed E-state index contributed by atoms with van der Waals surface area (Å²) in [6, 6.07) is 0. The van der Waals surface area contributed by atoms with Crippen LogP contribution in [0.4, 0.5) is 0 Å². The summed E-state index contributed by atoms with van der Waals surface area (Å²) in [6.07, 6.45) is 8.89. The summed E-state index contributed by atoms with van der Waals surface area (Å²) in [5.41, 5.74) is 3.25. The first-order valence-corrected chi connectivity index (χ1v) is 6.73. The molecule has 2 atom stereocenters. The Kier molecular flexibility index (Phi) is 4.11. The molecule has 0 bridgehead atoms. The Hall–Kier alpha value is -0.960. The van der Waals surface area contributed by atoms with Gasteiger partial charge in [-0.25, -0.2) is 0 Å². The van der Waals surface area contributed by atoms with E-state index in [2.05, 4.69) is 16.3 Å². The molecule has 0 aromatic heterocycles. The number of azo groups is 1. The van der Waals surface area contributed by atoms with Crippen LogP contribution in [0.5, 0.6) is 0 Å². The van der Waals surface area contributed by atoms with Crippen molar-refractivity contribution < 1.29 is 5.11 Å². The lowest BCUT2D eigenvalue weighted by atomic mass is 9.82. The van der Waals surface area contributed by atoms with Crippen LogP contribution in [-0.2, 0) is 0 Å². The molecule has 2 unspecified atom stereocenters. The quantitative estimate of drug-likeness (QED) is 0.733. The van der Waals surface area contributed by atoms with Crippen LogP contribution in [0.15, 0.2) is 33.3 Å². The molecule has 17 heavy (non-hydrogen) atoms. The van der Waals surface area contributed by atoms with Crippen molar-refractivity contribution in [3.05, 3.63) is 23.0 Å². The molecule has 94 valence electrons. The lowest BCUT2D eigenvalue weighted by Crippen LogP contribution is -2.18. The third kappa shape index (κ3) is 2.65. The highest BCUT2D eigenvalue weighted by Crippen LogP contribution is 2.39. The zero-order chi connectivity index (χ0) is 12.3. The number of hydrogen-bond donors (Lipinski definition) is 1. The fourth-order valence-electron chi connectivity index (χ4n) is 2.86. The van der Waals surface area contributed by atoms with Crippen molar-refractivity contribution in [2.45, 2.75) is 58.5 Å². The molecule has 1 saturated carbocycles. The molecule has 3 nitrogen and oxygen atoms in total. The molecule has 0 radical (unpaired) electrons. The smallest absolute Gasteiger partial charge is 0.0950 e. The van der Waals surface area contributed by atoms with Crippen LogP contribution in [0.3, 0.4) is 0 Å². The normalized spacial score (nSPS) is 29.8. The summed E-state index contributed by atoms with van der Waals surface area (Å²) in [7, 11) is 0. The fraction of sp³-hybridized carbons (Fsp3) is 0.714. The van der Waals surface area contributed by atoms with Crippen LogP contribution in [0.2, 0.25) is 0 Å². The van der Waals surface area contributed by atoms with Gasteiger partial charge in [-0.2, -0.15) is 10.2 Å². The minimum atomic E-state index is -0.492. The Balaban J connectivity index is 2.35. The van der Waals surface area contributed by atoms with Gasteiger partial charge in [0.2, 0.25) is 0 Å². The zero-order valence-corrected chi connectivity index (χ0v) is 10.8. The summed E-state index contributed by atoms with van der Waals surface area (Å²) < 4.78 is 0. The van der Waals surface area contributed by atoms with Crippen molar-refractivity contribution in [2.75, 3.05) is 0 Å². The van der Waals surface area contributed by atoms with E-state index >= 15 is 0 Å². The lowest BCUT2D eigenvalue weighted by molar-refractivity contribution is 0.223. The van der Waals surface area contributed by atoms with Crippen molar-refractivity contribution in [1.82, 2.24) is 0 Å². The van der Waals surface area contributed by atoms with E-state index in [9.17, 15) is 5.11 Å². The molecular formula is C14H22N2O. The van der Waals surface area contributed by atoms with E-state index in [4.69, 9.17) is 0 Å². The van der Waals surface area contributed by atoms with Gasteiger partial charge in [-0.15, -0.1) is 0 Å². The first-order valence-electron chi connectivity index (χ1n) is 6.73. The van der Waals surface area contributed by atoms with Gasteiger partial charge in [-0.1, -0.05) is 25.3 Å². The maximum absolute atomic E-state index is 9.81. The molecule has 3 heteroatoms. The van der Waals surface area contributed by atoms with Gasteiger partial charge in [0, 0.05) is 5.92 Å². The average Bonchev–Trinajstić information content (AvgIpc) is 2.28. The third-order valence-corrected chi connectivity index (χ3v) is 3.76.